The van der Waals surface area contributed by atoms with E-state index in [1.54, 1.807) is 37.6 Å². The van der Waals surface area contributed by atoms with Crippen molar-refractivity contribution < 1.29 is 23.5 Å². The summed E-state index contributed by atoms with van der Waals surface area (Å²) >= 11 is 0. The number of amides is 2. The van der Waals surface area contributed by atoms with Gasteiger partial charge in [0.25, 0.3) is 0 Å². The highest BCUT2D eigenvalue weighted by Crippen LogP contribution is 2.38. The molecule has 36 heavy (non-hydrogen) atoms. The van der Waals surface area contributed by atoms with Crippen molar-refractivity contribution in [2.45, 2.75) is 20.8 Å². The zero-order chi connectivity index (χ0) is 25.7. The molecule has 7 nitrogen and oxygen atoms in total. The van der Waals surface area contributed by atoms with Gasteiger partial charge in [0.05, 0.1) is 20.0 Å². The Morgan fingerprint density at radius 2 is 1.72 bits per heavy atom. The number of methoxy groups -OCH3 is 1. The molecule has 4 aromatic rings. The summed E-state index contributed by atoms with van der Waals surface area (Å²) in [6.45, 7) is 5.68. The predicted octanol–water partition coefficient (Wildman–Crippen LogP) is 6.51. The van der Waals surface area contributed by atoms with Gasteiger partial charge in [-0.15, -0.1) is 0 Å². The van der Waals surface area contributed by atoms with Gasteiger partial charge in [-0.1, -0.05) is 18.2 Å². The van der Waals surface area contributed by atoms with Crippen molar-refractivity contribution in [3.63, 3.8) is 0 Å². The SMILES string of the molecule is CCOc1cc2occ(-c3cccc(OC)c3)c2cc1/C(C)=C/C(=O)Nc1cccc(NC(C)=O)c1. The number of fused-ring (bicyclic) bond motifs is 1. The number of anilines is 2. The largest absolute Gasteiger partial charge is 0.497 e. The van der Waals surface area contributed by atoms with Gasteiger partial charge in [-0.05, 0) is 61.4 Å². The first kappa shape index (κ1) is 24.6. The molecule has 0 saturated heterocycles. The molecular formula is C29H28N2O5. The summed E-state index contributed by atoms with van der Waals surface area (Å²) in [5.41, 5.74) is 5.26. The van der Waals surface area contributed by atoms with Crippen LogP contribution in [0.1, 0.15) is 26.3 Å². The number of carbonyl (C=O) groups is 2. The van der Waals surface area contributed by atoms with Crippen molar-refractivity contribution >= 4 is 39.7 Å². The molecule has 0 bridgehead atoms. The lowest BCUT2D eigenvalue weighted by molar-refractivity contribution is -0.114. The molecule has 3 aromatic carbocycles. The minimum absolute atomic E-state index is 0.180. The maximum atomic E-state index is 12.8. The van der Waals surface area contributed by atoms with E-state index in [0.29, 0.717) is 29.3 Å². The fraction of sp³-hybridized carbons (Fsp3) is 0.172. The zero-order valence-corrected chi connectivity index (χ0v) is 20.7. The van der Waals surface area contributed by atoms with E-state index in [0.717, 1.165) is 33.4 Å². The van der Waals surface area contributed by atoms with Crippen LogP contribution in [0.3, 0.4) is 0 Å². The number of furan rings is 1. The van der Waals surface area contributed by atoms with Gasteiger partial charge in [0.2, 0.25) is 11.8 Å². The van der Waals surface area contributed by atoms with Crippen molar-refractivity contribution in [2.24, 2.45) is 0 Å². The molecule has 0 aliphatic carbocycles. The van der Waals surface area contributed by atoms with E-state index in [1.165, 1.54) is 13.0 Å². The second kappa shape index (κ2) is 10.8. The molecular weight excluding hydrogens is 456 g/mol. The Hall–Kier alpha value is -4.52. The first-order chi connectivity index (χ1) is 17.4. The van der Waals surface area contributed by atoms with Crippen LogP contribution in [-0.2, 0) is 9.59 Å². The highest BCUT2D eigenvalue weighted by molar-refractivity contribution is 6.05. The van der Waals surface area contributed by atoms with Crippen molar-refractivity contribution in [3.8, 4) is 22.6 Å². The van der Waals surface area contributed by atoms with Crippen LogP contribution >= 0.6 is 0 Å². The Morgan fingerprint density at radius 1 is 0.972 bits per heavy atom. The van der Waals surface area contributed by atoms with Crippen LogP contribution in [0.25, 0.3) is 27.7 Å². The first-order valence-electron chi connectivity index (χ1n) is 11.6. The van der Waals surface area contributed by atoms with E-state index in [9.17, 15) is 9.59 Å². The second-order valence-electron chi connectivity index (χ2n) is 8.24. The van der Waals surface area contributed by atoms with Crippen molar-refractivity contribution in [1.29, 1.82) is 0 Å². The van der Waals surface area contributed by atoms with Crippen molar-refractivity contribution in [3.05, 3.63) is 78.6 Å². The molecule has 0 radical (unpaired) electrons. The van der Waals surface area contributed by atoms with Gasteiger partial charge in [-0.3, -0.25) is 9.59 Å². The standard InChI is InChI=1S/C29H28N2O5/c1-5-35-27-16-28-25(26(17-36-28)20-8-6-11-23(13-20)34-4)15-24(27)18(2)12-29(33)31-22-10-7-9-21(14-22)30-19(3)32/h6-17H,5H2,1-4H3,(H,30,32)(H,31,33)/b18-12+. The molecule has 0 unspecified atom stereocenters. The van der Waals surface area contributed by atoms with Gasteiger partial charge in [0.15, 0.2) is 0 Å². The van der Waals surface area contributed by atoms with Gasteiger partial charge in [-0.2, -0.15) is 0 Å². The minimum atomic E-state index is -0.296. The fourth-order valence-corrected chi connectivity index (χ4v) is 3.98. The molecule has 0 aliphatic heterocycles. The third kappa shape index (κ3) is 5.58. The summed E-state index contributed by atoms with van der Waals surface area (Å²) in [5.74, 6) is 0.907. The third-order valence-corrected chi connectivity index (χ3v) is 5.58. The van der Waals surface area contributed by atoms with E-state index >= 15 is 0 Å². The molecule has 4 rings (SSSR count). The molecule has 0 aliphatic rings. The number of carbonyl (C=O) groups excluding carboxylic acids is 2. The molecule has 2 N–H and O–H groups in total. The molecule has 1 aromatic heterocycles. The van der Waals surface area contributed by atoms with Crippen LogP contribution in [0.2, 0.25) is 0 Å². The number of ether oxygens (including phenoxy) is 2. The lowest BCUT2D eigenvalue weighted by Crippen LogP contribution is -2.10. The summed E-state index contributed by atoms with van der Waals surface area (Å²) < 4.78 is 17.1. The van der Waals surface area contributed by atoms with Crippen molar-refractivity contribution in [1.82, 2.24) is 0 Å². The van der Waals surface area contributed by atoms with E-state index < -0.39 is 0 Å². The zero-order valence-electron chi connectivity index (χ0n) is 20.7. The summed E-state index contributed by atoms with van der Waals surface area (Å²) in [6.07, 6.45) is 3.24. The van der Waals surface area contributed by atoms with Crippen LogP contribution in [0.15, 0.2) is 77.4 Å². The highest BCUT2D eigenvalue weighted by atomic mass is 16.5. The minimum Gasteiger partial charge on any atom is -0.497 e. The Balaban J connectivity index is 1.68. The number of benzene rings is 3. The Kier molecular flexibility index (Phi) is 7.39. The molecule has 0 spiro atoms. The summed E-state index contributed by atoms with van der Waals surface area (Å²) in [7, 11) is 1.63. The number of hydrogen-bond donors (Lipinski definition) is 2. The van der Waals surface area contributed by atoms with Gasteiger partial charge in [0.1, 0.15) is 17.1 Å². The highest BCUT2D eigenvalue weighted by Gasteiger charge is 2.16. The second-order valence-corrected chi connectivity index (χ2v) is 8.24. The van der Waals surface area contributed by atoms with E-state index in [2.05, 4.69) is 10.6 Å². The van der Waals surface area contributed by atoms with Gasteiger partial charge < -0.3 is 24.5 Å². The van der Waals surface area contributed by atoms with Crippen molar-refractivity contribution in [2.75, 3.05) is 24.4 Å². The predicted molar refractivity (Wildman–Crippen MR) is 142 cm³/mol. The Labute approximate surface area is 209 Å². The molecule has 2 amide bonds. The van der Waals surface area contributed by atoms with E-state index in [1.807, 2.05) is 50.2 Å². The van der Waals surface area contributed by atoms with Crippen LogP contribution < -0.4 is 20.1 Å². The Bertz CT molecular complexity index is 1450. The lowest BCUT2D eigenvalue weighted by Gasteiger charge is -2.12. The van der Waals surface area contributed by atoms with Gasteiger partial charge >= 0.3 is 0 Å². The Morgan fingerprint density at radius 3 is 2.44 bits per heavy atom. The molecule has 7 heteroatoms. The topological polar surface area (TPSA) is 89.8 Å². The molecule has 1 heterocycles. The number of rotatable bonds is 8. The summed E-state index contributed by atoms with van der Waals surface area (Å²) in [6, 6.07) is 18.6. The molecule has 0 saturated carbocycles. The van der Waals surface area contributed by atoms with Crippen LogP contribution in [0, 0.1) is 0 Å². The summed E-state index contributed by atoms with van der Waals surface area (Å²) in [5, 5.41) is 6.46. The van der Waals surface area contributed by atoms with Gasteiger partial charge in [0, 0.05) is 47.0 Å². The fourth-order valence-electron chi connectivity index (χ4n) is 3.98. The average molecular weight is 485 g/mol. The third-order valence-electron chi connectivity index (χ3n) is 5.58. The maximum Gasteiger partial charge on any atom is 0.248 e. The first-order valence-corrected chi connectivity index (χ1v) is 11.6. The number of hydrogen-bond acceptors (Lipinski definition) is 5. The van der Waals surface area contributed by atoms with Crippen LogP contribution in [0.5, 0.6) is 11.5 Å². The smallest absolute Gasteiger partial charge is 0.248 e. The van der Waals surface area contributed by atoms with Gasteiger partial charge in [-0.25, -0.2) is 0 Å². The van der Waals surface area contributed by atoms with Crippen LogP contribution in [0.4, 0.5) is 11.4 Å². The number of allylic oxidation sites excluding steroid dienone is 1. The average Bonchev–Trinajstić information content (AvgIpc) is 3.26. The molecule has 0 fully saturated rings. The van der Waals surface area contributed by atoms with E-state index in [4.69, 9.17) is 13.9 Å². The normalized spacial score (nSPS) is 11.3. The van der Waals surface area contributed by atoms with Crippen LogP contribution in [-0.4, -0.2) is 25.5 Å². The molecule has 0 atom stereocenters. The van der Waals surface area contributed by atoms with E-state index in [-0.39, 0.29) is 11.8 Å². The monoisotopic (exact) mass is 484 g/mol. The summed E-state index contributed by atoms with van der Waals surface area (Å²) in [4.78, 5) is 24.1. The molecule has 184 valence electrons. The quantitative estimate of drug-likeness (QED) is 0.278. The lowest BCUT2D eigenvalue weighted by atomic mass is 9.99. The maximum absolute atomic E-state index is 12.8. The number of nitrogens with one attached hydrogen (secondary N) is 2.